The van der Waals surface area contributed by atoms with Crippen molar-refractivity contribution in [3.63, 3.8) is 0 Å². The summed E-state index contributed by atoms with van der Waals surface area (Å²) < 4.78 is 57.6. The highest BCUT2D eigenvalue weighted by molar-refractivity contribution is 6.00. The average Bonchev–Trinajstić information content (AvgIpc) is 3.63. The molecular formula is C48H45F3N6O6. The molecule has 0 spiro atoms. The topological polar surface area (TPSA) is 125 Å². The Balaban J connectivity index is 1.26. The molecule has 1 saturated heterocycles. The van der Waals surface area contributed by atoms with Crippen LogP contribution in [0, 0.1) is 0 Å². The third-order valence-corrected chi connectivity index (χ3v) is 11.4. The van der Waals surface area contributed by atoms with Crippen LogP contribution >= 0.6 is 0 Å². The Morgan fingerprint density at radius 3 is 2.10 bits per heavy atom. The Kier molecular flexibility index (Phi) is 12.5. The first-order valence-corrected chi connectivity index (χ1v) is 20.6. The number of amides is 3. The van der Waals surface area contributed by atoms with E-state index in [4.69, 9.17) is 14.3 Å². The maximum Gasteiger partial charge on any atom is 0.421 e. The fraction of sp³-hybridized carbons (Fsp3) is 0.250. The van der Waals surface area contributed by atoms with Gasteiger partial charge in [-0.2, -0.15) is 18.2 Å². The largest absolute Gasteiger partial charge is 0.448 e. The van der Waals surface area contributed by atoms with Crippen molar-refractivity contribution in [2.45, 2.75) is 43.7 Å². The van der Waals surface area contributed by atoms with Crippen molar-refractivity contribution in [3.8, 4) is 16.9 Å². The smallest absolute Gasteiger partial charge is 0.421 e. The van der Waals surface area contributed by atoms with E-state index in [0.29, 0.717) is 30.4 Å². The molecule has 15 heteroatoms. The van der Waals surface area contributed by atoms with E-state index < -0.39 is 48.0 Å². The number of anilines is 1. The lowest BCUT2D eigenvalue weighted by Gasteiger charge is -2.43. The number of nitrogens with zero attached hydrogens (tertiary/aromatic N) is 4. The molecule has 5 aromatic carbocycles. The first-order valence-electron chi connectivity index (χ1n) is 20.6. The first kappa shape index (κ1) is 42.6. The third kappa shape index (κ3) is 8.69. The van der Waals surface area contributed by atoms with Crippen LogP contribution in [-0.2, 0) is 9.57 Å². The number of benzene rings is 5. The molecule has 63 heavy (non-hydrogen) atoms. The second kappa shape index (κ2) is 18.5. The standard InChI is InChI=1S/C48H45F3N6O6/c1-52-44(58)36-23-11-13-25-40(36)54-43-39(48(49,50)51)29-53-45(57(43)61-2)56(47(60)62-30-38-34-21-9-7-19-32(34)33-20-8-10-22-35(33)38)42(31-17-5-3-6-18-31)37-24-12-14-26-41(37)63-46(59)55-27-15-4-16-28-55/h3,5-14,17-26,29,38,42,45,54H,4,15-16,27-28,30H2,1-2H3,(H,52,58). The SMILES string of the molecule is CNC(=O)c1ccccc1NC1=C(C(F)(F)F)C=NC(N(C(=O)OCC2c3ccccc3-c3ccccc32)C(c2ccccc2)c2ccccc2OC(=O)N2CCCCC2)N1OC. The molecule has 0 radical (unpaired) electrons. The molecular weight excluding hydrogens is 814 g/mol. The number of fused-ring (bicyclic) bond motifs is 3. The van der Waals surface area contributed by atoms with Gasteiger partial charge in [-0.1, -0.05) is 109 Å². The summed E-state index contributed by atoms with van der Waals surface area (Å²) in [5.41, 5.74) is 3.52. The zero-order valence-electron chi connectivity index (χ0n) is 34.5. The molecule has 0 saturated carbocycles. The van der Waals surface area contributed by atoms with E-state index in [1.807, 2.05) is 48.5 Å². The monoisotopic (exact) mass is 858 g/mol. The van der Waals surface area contributed by atoms with Gasteiger partial charge in [0.2, 0.25) is 6.29 Å². The summed E-state index contributed by atoms with van der Waals surface area (Å²) in [6, 6.07) is 35.9. The number of carbonyl (C=O) groups is 3. The summed E-state index contributed by atoms with van der Waals surface area (Å²) >= 11 is 0. The van der Waals surface area contributed by atoms with E-state index >= 15 is 18.0 Å². The molecule has 1 aliphatic carbocycles. The van der Waals surface area contributed by atoms with Gasteiger partial charge in [-0.05, 0) is 65.3 Å². The normalized spacial score (nSPS) is 16.5. The number of nitrogens with one attached hydrogen (secondary N) is 2. The minimum absolute atomic E-state index is 0.0203. The van der Waals surface area contributed by atoms with Gasteiger partial charge in [-0.3, -0.25) is 14.5 Å². The highest BCUT2D eigenvalue weighted by Crippen LogP contribution is 2.46. The van der Waals surface area contributed by atoms with Crippen LogP contribution < -0.4 is 15.4 Å². The molecule has 8 rings (SSSR count). The van der Waals surface area contributed by atoms with Crippen LogP contribution in [0.4, 0.5) is 28.4 Å². The van der Waals surface area contributed by atoms with Gasteiger partial charge in [0.25, 0.3) is 5.91 Å². The van der Waals surface area contributed by atoms with Crippen molar-refractivity contribution in [1.29, 1.82) is 0 Å². The van der Waals surface area contributed by atoms with Crippen molar-refractivity contribution in [2.24, 2.45) is 4.99 Å². The van der Waals surface area contributed by atoms with Gasteiger partial charge in [0, 0.05) is 37.8 Å². The van der Waals surface area contributed by atoms with E-state index in [1.54, 1.807) is 71.6 Å². The Morgan fingerprint density at radius 2 is 1.43 bits per heavy atom. The molecule has 2 aliphatic heterocycles. The van der Waals surface area contributed by atoms with Gasteiger partial charge in [0.05, 0.1) is 24.4 Å². The summed E-state index contributed by atoms with van der Waals surface area (Å²) in [7, 11) is 2.55. The van der Waals surface area contributed by atoms with Gasteiger partial charge in [0.1, 0.15) is 23.8 Å². The van der Waals surface area contributed by atoms with Crippen LogP contribution in [0.5, 0.6) is 5.75 Å². The van der Waals surface area contributed by atoms with E-state index in [9.17, 15) is 9.59 Å². The zero-order valence-corrected chi connectivity index (χ0v) is 34.5. The van der Waals surface area contributed by atoms with Crippen LogP contribution in [0.3, 0.4) is 0 Å². The molecule has 2 unspecified atom stereocenters. The van der Waals surface area contributed by atoms with Crippen molar-refractivity contribution >= 4 is 30.0 Å². The number of para-hydroxylation sites is 2. The highest BCUT2D eigenvalue weighted by Gasteiger charge is 2.47. The number of likely N-dealkylation sites (tertiary alicyclic amines) is 1. The number of rotatable bonds is 11. The van der Waals surface area contributed by atoms with Gasteiger partial charge >= 0.3 is 18.4 Å². The van der Waals surface area contributed by atoms with Crippen LogP contribution in [0.15, 0.2) is 144 Å². The number of ether oxygens (including phenoxy) is 2. The predicted molar refractivity (Wildman–Crippen MR) is 231 cm³/mol. The first-order chi connectivity index (χ1) is 30.6. The van der Waals surface area contributed by atoms with Crippen molar-refractivity contribution < 1.29 is 41.9 Å². The maximum atomic E-state index is 15.3. The number of carbonyl (C=O) groups excluding carboxylic acids is 3. The Hall–Kier alpha value is -7.13. The Labute approximate surface area is 362 Å². The lowest BCUT2D eigenvalue weighted by atomic mass is 9.96. The molecule has 0 bridgehead atoms. The number of hydrogen-bond acceptors (Lipinski definition) is 9. The second-order valence-electron chi connectivity index (χ2n) is 15.1. The van der Waals surface area contributed by atoms with Crippen LogP contribution in [-0.4, -0.2) is 85.5 Å². The third-order valence-electron chi connectivity index (χ3n) is 11.4. The number of hydroxylamine groups is 2. The fourth-order valence-electron chi connectivity index (χ4n) is 8.41. The maximum absolute atomic E-state index is 15.3. The summed E-state index contributed by atoms with van der Waals surface area (Å²) in [4.78, 5) is 54.9. The van der Waals surface area contributed by atoms with Crippen LogP contribution in [0.1, 0.15) is 63.8 Å². The number of aliphatic imine (C=N–C) groups is 1. The highest BCUT2D eigenvalue weighted by atomic mass is 19.4. The quantitative estimate of drug-likeness (QED) is 0.135. The van der Waals surface area contributed by atoms with Gasteiger partial charge in [-0.25, -0.2) is 14.6 Å². The Morgan fingerprint density at radius 1 is 0.810 bits per heavy atom. The van der Waals surface area contributed by atoms with Crippen LogP contribution in [0.25, 0.3) is 11.1 Å². The summed E-state index contributed by atoms with van der Waals surface area (Å²) in [6.07, 6.45) is -4.96. The van der Waals surface area contributed by atoms with Gasteiger partial charge < -0.3 is 25.0 Å². The predicted octanol–water partition coefficient (Wildman–Crippen LogP) is 9.49. The van der Waals surface area contributed by atoms with Crippen molar-refractivity contribution in [3.05, 3.63) is 167 Å². The minimum atomic E-state index is -4.99. The van der Waals surface area contributed by atoms with Crippen molar-refractivity contribution in [2.75, 3.05) is 39.2 Å². The van der Waals surface area contributed by atoms with E-state index in [0.717, 1.165) is 53.7 Å². The fourth-order valence-corrected chi connectivity index (χ4v) is 8.41. The molecule has 5 aromatic rings. The van der Waals surface area contributed by atoms with Crippen molar-refractivity contribution in [1.82, 2.24) is 20.2 Å². The molecule has 0 aromatic heterocycles. The summed E-state index contributed by atoms with van der Waals surface area (Å²) in [6.45, 7) is 0.886. The van der Waals surface area contributed by atoms with Gasteiger partial charge in [0.15, 0.2) is 0 Å². The zero-order chi connectivity index (χ0) is 44.1. The molecule has 3 amide bonds. The lowest BCUT2D eigenvalue weighted by Crippen LogP contribution is -2.54. The molecule has 324 valence electrons. The summed E-state index contributed by atoms with van der Waals surface area (Å²) in [5, 5.41) is 6.13. The second-order valence-corrected chi connectivity index (χ2v) is 15.1. The van der Waals surface area contributed by atoms with E-state index in [1.165, 1.54) is 24.1 Å². The number of alkyl halides is 3. The van der Waals surface area contributed by atoms with Gasteiger partial charge in [-0.15, -0.1) is 0 Å². The molecule has 2 heterocycles. The molecule has 2 atom stereocenters. The Bertz CT molecular complexity index is 2500. The minimum Gasteiger partial charge on any atom is -0.448 e. The molecule has 12 nitrogen and oxygen atoms in total. The molecule has 2 N–H and O–H groups in total. The van der Waals surface area contributed by atoms with Crippen LogP contribution in [0.2, 0.25) is 0 Å². The molecule has 1 fully saturated rings. The number of piperidine rings is 1. The number of halogens is 3. The van der Waals surface area contributed by atoms with E-state index in [-0.39, 0.29) is 29.5 Å². The number of hydrogen-bond donors (Lipinski definition) is 2. The number of allylic oxidation sites excluding steroid dienone is 1. The van der Waals surface area contributed by atoms with E-state index in [2.05, 4.69) is 15.6 Å². The average molecular weight is 859 g/mol. The summed E-state index contributed by atoms with van der Waals surface area (Å²) in [5.74, 6) is -1.47. The lowest BCUT2D eigenvalue weighted by molar-refractivity contribution is -0.175. The molecule has 3 aliphatic rings.